The molecule has 0 atom stereocenters. The largest absolute Gasteiger partial charge is 0.337 e. The molecule has 16 heavy (non-hydrogen) atoms. The van der Waals surface area contributed by atoms with Crippen molar-refractivity contribution in [3.05, 3.63) is 11.7 Å². The van der Waals surface area contributed by atoms with Gasteiger partial charge in [0.15, 0.2) is 5.82 Å². The maximum Gasteiger partial charge on any atom is 0.246 e. The molecule has 1 N–H and O–H groups in total. The summed E-state index contributed by atoms with van der Waals surface area (Å²) in [7, 11) is 0. The van der Waals surface area contributed by atoms with Crippen LogP contribution in [0.3, 0.4) is 0 Å². The summed E-state index contributed by atoms with van der Waals surface area (Å²) in [6.07, 6.45) is 2.19. The van der Waals surface area contributed by atoms with Gasteiger partial charge in [0, 0.05) is 11.5 Å². The first-order chi connectivity index (χ1) is 7.33. The van der Waals surface area contributed by atoms with Crippen molar-refractivity contribution >= 4 is 0 Å². The number of aromatic nitrogens is 2. The molecule has 1 saturated carbocycles. The lowest BCUT2D eigenvalue weighted by atomic mass is 9.96. The summed E-state index contributed by atoms with van der Waals surface area (Å²) in [6, 6.07) is 0.437. The van der Waals surface area contributed by atoms with Gasteiger partial charge >= 0.3 is 0 Å². The molecule has 0 unspecified atom stereocenters. The van der Waals surface area contributed by atoms with E-state index in [9.17, 15) is 0 Å². The van der Waals surface area contributed by atoms with E-state index in [4.69, 9.17) is 4.52 Å². The minimum absolute atomic E-state index is 0.0370. The second-order valence-electron chi connectivity index (χ2n) is 6.05. The summed E-state index contributed by atoms with van der Waals surface area (Å²) in [4.78, 5) is 4.53. The molecular weight excluding hydrogens is 202 g/mol. The number of rotatable bonds is 3. The van der Waals surface area contributed by atoms with E-state index in [1.807, 2.05) is 0 Å². The fourth-order valence-corrected chi connectivity index (χ4v) is 1.82. The molecule has 1 heterocycles. The minimum Gasteiger partial charge on any atom is -0.337 e. The van der Waals surface area contributed by atoms with Gasteiger partial charge in [0.05, 0.1) is 5.54 Å². The molecule has 90 valence electrons. The molecule has 2 rings (SSSR count). The Hall–Kier alpha value is -0.900. The molecular formula is C12H21N3O. The third kappa shape index (κ3) is 2.12. The van der Waals surface area contributed by atoms with Gasteiger partial charge in [-0.25, -0.2) is 0 Å². The number of nitrogens with one attached hydrogen (secondary N) is 1. The highest BCUT2D eigenvalue weighted by Gasteiger charge is 2.50. The molecule has 4 heteroatoms. The van der Waals surface area contributed by atoms with Crippen LogP contribution in [0.25, 0.3) is 0 Å². The van der Waals surface area contributed by atoms with Gasteiger partial charge in [0.25, 0.3) is 0 Å². The maximum absolute atomic E-state index is 5.40. The fourth-order valence-electron chi connectivity index (χ4n) is 1.82. The van der Waals surface area contributed by atoms with Crippen molar-refractivity contribution in [2.45, 2.75) is 64.5 Å². The quantitative estimate of drug-likeness (QED) is 0.854. The van der Waals surface area contributed by atoms with Gasteiger partial charge in [0.2, 0.25) is 5.89 Å². The lowest BCUT2D eigenvalue weighted by molar-refractivity contribution is 0.302. The second-order valence-corrected chi connectivity index (χ2v) is 6.05. The Morgan fingerprint density at radius 3 is 2.31 bits per heavy atom. The maximum atomic E-state index is 5.40. The monoisotopic (exact) mass is 223 g/mol. The summed E-state index contributed by atoms with van der Waals surface area (Å²) >= 11 is 0. The standard InChI is InChI=1S/C12H21N3O/c1-8(2)14-12(6-7-12)10-13-9(15-16-10)11(3,4)5/h8,14H,6-7H2,1-5H3. The average Bonchev–Trinajstić information content (AvgIpc) is 2.73. The Bertz CT molecular complexity index is 372. The van der Waals surface area contributed by atoms with Crippen LogP contribution in [0.2, 0.25) is 0 Å². The average molecular weight is 223 g/mol. The van der Waals surface area contributed by atoms with Crippen molar-refractivity contribution < 1.29 is 4.52 Å². The second kappa shape index (κ2) is 3.55. The van der Waals surface area contributed by atoms with E-state index in [1.54, 1.807) is 0 Å². The van der Waals surface area contributed by atoms with Gasteiger partial charge in [-0.05, 0) is 26.7 Å². The van der Waals surface area contributed by atoms with Crippen LogP contribution >= 0.6 is 0 Å². The molecule has 1 aliphatic rings. The summed E-state index contributed by atoms with van der Waals surface area (Å²) in [5.41, 5.74) is -0.0830. The van der Waals surface area contributed by atoms with Gasteiger partial charge in [-0.3, -0.25) is 0 Å². The predicted molar refractivity (Wildman–Crippen MR) is 62.2 cm³/mol. The summed E-state index contributed by atoms with van der Waals surface area (Å²) in [5.74, 6) is 1.55. The Labute approximate surface area is 96.8 Å². The molecule has 4 nitrogen and oxygen atoms in total. The van der Waals surface area contributed by atoms with Gasteiger partial charge in [-0.2, -0.15) is 4.98 Å². The highest BCUT2D eigenvalue weighted by atomic mass is 16.5. The van der Waals surface area contributed by atoms with Crippen molar-refractivity contribution in [2.24, 2.45) is 0 Å². The van der Waals surface area contributed by atoms with Crippen molar-refractivity contribution in [1.82, 2.24) is 15.5 Å². The zero-order valence-corrected chi connectivity index (χ0v) is 10.8. The first-order valence-electron chi connectivity index (χ1n) is 5.96. The molecule has 1 aromatic heterocycles. The molecule has 1 aromatic rings. The van der Waals surface area contributed by atoms with Gasteiger partial charge in [0.1, 0.15) is 0 Å². The first-order valence-corrected chi connectivity index (χ1v) is 5.96. The van der Waals surface area contributed by atoms with E-state index in [2.05, 4.69) is 50.1 Å². The Morgan fingerprint density at radius 1 is 1.31 bits per heavy atom. The zero-order valence-electron chi connectivity index (χ0n) is 10.8. The first kappa shape index (κ1) is 11.6. The van der Waals surface area contributed by atoms with Crippen molar-refractivity contribution in [3.8, 4) is 0 Å². The number of hydrogen-bond acceptors (Lipinski definition) is 4. The predicted octanol–water partition coefficient (Wildman–Crippen LogP) is 2.35. The fraction of sp³-hybridized carbons (Fsp3) is 0.833. The van der Waals surface area contributed by atoms with Crippen LogP contribution in [0.4, 0.5) is 0 Å². The van der Waals surface area contributed by atoms with Gasteiger partial charge < -0.3 is 9.84 Å². The Balaban J connectivity index is 2.19. The normalized spacial score (nSPS) is 19.1. The van der Waals surface area contributed by atoms with Crippen LogP contribution in [0.5, 0.6) is 0 Å². The van der Waals surface area contributed by atoms with Crippen molar-refractivity contribution in [3.63, 3.8) is 0 Å². The molecule has 1 aliphatic carbocycles. The molecule has 0 amide bonds. The van der Waals surface area contributed by atoms with E-state index in [1.165, 1.54) is 0 Å². The SMILES string of the molecule is CC(C)NC1(c2nc(C(C)(C)C)no2)CC1. The third-order valence-electron chi connectivity index (χ3n) is 2.82. The summed E-state index contributed by atoms with van der Waals surface area (Å²) in [6.45, 7) is 10.6. The summed E-state index contributed by atoms with van der Waals surface area (Å²) in [5, 5.41) is 7.59. The highest BCUT2D eigenvalue weighted by molar-refractivity contribution is 5.15. The number of nitrogens with zero attached hydrogens (tertiary/aromatic N) is 2. The third-order valence-corrected chi connectivity index (χ3v) is 2.82. The lowest BCUT2D eigenvalue weighted by Gasteiger charge is -2.16. The van der Waals surface area contributed by atoms with Crippen LogP contribution in [-0.2, 0) is 11.0 Å². The van der Waals surface area contributed by atoms with Crippen LogP contribution in [0.15, 0.2) is 4.52 Å². The Kier molecular flexibility index (Phi) is 2.57. The molecule has 0 aromatic carbocycles. The van der Waals surface area contributed by atoms with Crippen LogP contribution in [0.1, 0.15) is 59.2 Å². The lowest BCUT2D eigenvalue weighted by Crippen LogP contribution is -2.35. The van der Waals surface area contributed by atoms with E-state index >= 15 is 0 Å². The van der Waals surface area contributed by atoms with Crippen LogP contribution < -0.4 is 5.32 Å². The minimum atomic E-state index is -0.0460. The molecule has 0 spiro atoms. The highest BCUT2D eigenvalue weighted by Crippen LogP contribution is 2.45. The van der Waals surface area contributed by atoms with Crippen molar-refractivity contribution in [2.75, 3.05) is 0 Å². The summed E-state index contributed by atoms with van der Waals surface area (Å²) < 4.78 is 5.40. The molecule has 0 radical (unpaired) electrons. The molecule has 0 saturated heterocycles. The number of hydrogen-bond donors (Lipinski definition) is 1. The molecule has 0 aliphatic heterocycles. The Morgan fingerprint density at radius 2 is 1.94 bits per heavy atom. The van der Waals surface area contributed by atoms with E-state index in [0.717, 1.165) is 24.6 Å². The van der Waals surface area contributed by atoms with Crippen LogP contribution in [-0.4, -0.2) is 16.2 Å². The van der Waals surface area contributed by atoms with Gasteiger partial charge in [-0.15, -0.1) is 0 Å². The molecule has 1 fully saturated rings. The van der Waals surface area contributed by atoms with E-state index in [-0.39, 0.29) is 11.0 Å². The topological polar surface area (TPSA) is 51.0 Å². The smallest absolute Gasteiger partial charge is 0.246 e. The molecule has 0 bridgehead atoms. The van der Waals surface area contributed by atoms with Crippen LogP contribution in [0, 0.1) is 0 Å². The van der Waals surface area contributed by atoms with E-state index < -0.39 is 0 Å². The van der Waals surface area contributed by atoms with Gasteiger partial charge in [-0.1, -0.05) is 25.9 Å². The van der Waals surface area contributed by atoms with E-state index in [0.29, 0.717) is 6.04 Å². The zero-order chi connectivity index (χ0) is 12.0. The van der Waals surface area contributed by atoms with Crippen molar-refractivity contribution in [1.29, 1.82) is 0 Å².